The molecule has 0 fully saturated rings. The van der Waals surface area contributed by atoms with Crippen LogP contribution in [0.3, 0.4) is 0 Å². The fraction of sp³-hybridized carbons (Fsp3) is 0.778. The van der Waals surface area contributed by atoms with Gasteiger partial charge in [0.25, 0.3) is 0 Å². The fourth-order valence-electron chi connectivity index (χ4n) is 0.354. The number of carbonyl (C=O) groups is 2. The number of carboxylic acid groups (broad SMARTS) is 4. The molecule has 6 nitrogen and oxygen atoms in total. The van der Waals surface area contributed by atoms with Gasteiger partial charge in [0.15, 0.2) is 0 Å². The molecule has 0 aromatic rings. The smallest absolute Gasteiger partial charge is 0.450 e. The van der Waals surface area contributed by atoms with Gasteiger partial charge in [-0.3, -0.25) is 0 Å². The second kappa shape index (κ2) is 29.4. The van der Waals surface area contributed by atoms with E-state index in [-0.39, 0.29) is 14.9 Å². The molecule has 0 saturated heterocycles. The molecule has 0 atom stereocenters. The van der Waals surface area contributed by atoms with Crippen molar-refractivity contribution in [1.29, 1.82) is 0 Å². The van der Waals surface area contributed by atoms with Crippen molar-refractivity contribution in [3.8, 4) is 0 Å². The minimum atomic E-state index is -1.83. The lowest BCUT2D eigenvalue weighted by molar-refractivity contribution is 0.135. The van der Waals surface area contributed by atoms with Crippen LogP contribution in [-0.2, 0) is 0 Å². The van der Waals surface area contributed by atoms with Crippen LogP contribution in [0.2, 0.25) is 0 Å². The van der Waals surface area contributed by atoms with Crippen molar-refractivity contribution >= 4 is 12.3 Å². The molecule has 0 aliphatic rings. The van der Waals surface area contributed by atoms with Crippen molar-refractivity contribution in [2.24, 2.45) is 0 Å². The van der Waals surface area contributed by atoms with E-state index in [0.29, 0.717) is 0 Å². The average Bonchev–Trinajstić information content (AvgIpc) is 1.86. The molecule has 0 rings (SSSR count). The Morgan fingerprint density at radius 2 is 0.933 bits per heavy atom. The summed E-state index contributed by atoms with van der Waals surface area (Å²) in [5, 5.41) is 27.9. The summed E-state index contributed by atoms with van der Waals surface area (Å²) in [5.74, 6) is 0. The third kappa shape index (κ3) is 4780. The Morgan fingerprint density at radius 3 is 0.933 bits per heavy atom. The second-order valence-electron chi connectivity index (χ2n) is 1.92. The van der Waals surface area contributed by atoms with Crippen molar-refractivity contribution in [3.05, 3.63) is 0 Å². The highest BCUT2D eigenvalue weighted by atomic mass is 16.6. The van der Waals surface area contributed by atoms with Gasteiger partial charge in [0.2, 0.25) is 0 Å². The molecule has 0 saturated carbocycles. The monoisotopic (exact) mass is 228 g/mol. The Kier molecular flexibility index (Phi) is 57.2. The van der Waals surface area contributed by atoms with Crippen LogP contribution < -0.4 is 0 Å². The fourth-order valence-corrected chi connectivity index (χ4v) is 0.354. The van der Waals surface area contributed by atoms with E-state index in [0.717, 1.165) is 0 Å². The number of hydrogen-bond donors (Lipinski definition) is 4. The van der Waals surface area contributed by atoms with E-state index in [1.165, 1.54) is 19.3 Å². The minimum Gasteiger partial charge on any atom is -0.450 e. The van der Waals surface area contributed by atoms with Crippen molar-refractivity contribution in [1.82, 2.24) is 0 Å². The Bertz CT molecular complexity index is 102. The van der Waals surface area contributed by atoms with Gasteiger partial charge >= 0.3 is 12.3 Å². The summed E-state index contributed by atoms with van der Waals surface area (Å²) < 4.78 is 0. The molecule has 0 aliphatic heterocycles. The van der Waals surface area contributed by atoms with Gasteiger partial charge < -0.3 is 20.4 Å². The normalized spacial score (nSPS) is 6.00. The van der Waals surface area contributed by atoms with Crippen LogP contribution in [0.5, 0.6) is 0 Å². The van der Waals surface area contributed by atoms with Gasteiger partial charge in [0.05, 0.1) is 0 Å². The molecule has 0 radical (unpaired) electrons. The molecular formula is C9H24O6. The first kappa shape index (κ1) is 29.2. The second-order valence-corrected chi connectivity index (χ2v) is 1.92. The predicted octanol–water partition coefficient (Wildman–Crippen LogP) is 3.91. The van der Waals surface area contributed by atoms with Gasteiger partial charge in [0, 0.05) is 0 Å². The Balaban J connectivity index is -0.0000000315. The largest absolute Gasteiger partial charge is 0.503 e. The van der Waals surface area contributed by atoms with Crippen LogP contribution in [0, 0.1) is 0 Å². The van der Waals surface area contributed by atoms with Crippen molar-refractivity contribution in [3.63, 3.8) is 0 Å². The molecule has 4 N–H and O–H groups in total. The molecular weight excluding hydrogens is 204 g/mol. The SMILES string of the molecule is C.C.CCCCC.O=C(O)O.O=C(O)O. The van der Waals surface area contributed by atoms with Crippen molar-refractivity contribution < 1.29 is 30.0 Å². The molecule has 0 amide bonds. The summed E-state index contributed by atoms with van der Waals surface area (Å²) in [4.78, 5) is 17.1. The summed E-state index contributed by atoms with van der Waals surface area (Å²) >= 11 is 0. The van der Waals surface area contributed by atoms with E-state index >= 15 is 0 Å². The van der Waals surface area contributed by atoms with E-state index in [9.17, 15) is 0 Å². The molecule has 6 heteroatoms. The summed E-state index contributed by atoms with van der Waals surface area (Å²) in [6.45, 7) is 4.42. The third-order valence-electron chi connectivity index (χ3n) is 0.707. The summed E-state index contributed by atoms with van der Waals surface area (Å²) in [6, 6.07) is 0. The van der Waals surface area contributed by atoms with E-state index < -0.39 is 12.3 Å². The van der Waals surface area contributed by atoms with Crippen LogP contribution in [0.15, 0.2) is 0 Å². The first-order chi connectivity index (χ1) is 5.88. The molecule has 15 heavy (non-hydrogen) atoms. The maximum atomic E-state index is 8.56. The van der Waals surface area contributed by atoms with Gasteiger partial charge in [-0.15, -0.1) is 0 Å². The van der Waals surface area contributed by atoms with Gasteiger partial charge in [-0.25, -0.2) is 9.59 Å². The van der Waals surface area contributed by atoms with Gasteiger partial charge in [-0.2, -0.15) is 0 Å². The van der Waals surface area contributed by atoms with Crippen LogP contribution >= 0.6 is 0 Å². The maximum absolute atomic E-state index is 8.56. The predicted molar refractivity (Wildman–Crippen MR) is 60.0 cm³/mol. The zero-order valence-electron chi connectivity index (χ0n) is 7.73. The molecule has 0 unspecified atom stereocenters. The first-order valence-corrected chi connectivity index (χ1v) is 3.72. The molecule has 0 heterocycles. The van der Waals surface area contributed by atoms with Crippen LogP contribution in [0.25, 0.3) is 0 Å². The molecule has 0 aromatic heterocycles. The van der Waals surface area contributed by atoms with Gasteiger partial charge in [0.1, 0.15) is 0 Å². The van der Waals surface area contributed by atoms with Gasteiger partial charge in [-0.05, 0) is 0 Å². The van der Waals surface area contributed by atoms with Crippen LogP contribution in [0.1, 0.15) is 48.0 Å². The van der Waals surface area contributed by atoms with E-state index in [1.54, 1.807) is 0 Å². The van der Waals surface area contributed by atoms with Crippen molar-refractivity contribution in [2.45, 2.75) is 48.0 Å². The summed E-state index contributed by atoms with van der Waals surface area (Å²) in [6.07, 6.45) is 0.410. The lowest BCUT2D eigenvalue weighted by Gasteiger charge is -1.79. The highest BCUT2D eigenvalue weighted by Crippen LogP contribution is 1.88. The van der Waals surface area contributed by atoms with E-state index in [2.05, 4.69) is 13.8 Å². The lowest BCUT2D eigenvalue weighted by Crippen LogP contribution is -1.81. The molecule has 0 bridgehead atoms. The highest BCUT2D eigenvalue weighted by Gasteiger charge is 1.70. The zero-order valence-corrected chi connectivity index (χ0v) is 7.73. The van der Waals surface area contributed by atoms with E-state index in [4.69, 9.17) is 30.0 Å². The standard InChI is InChI=1S/C5H12.2CH2O3.2CH4/c1-3-5-4-2;2*2-1(3)4;;/h3-5H2,1-2H3;2*(H2,2,3,4);2*1H4. The van der Waals surface area contributed by atoms with Crippen molar-refractivity contribution in [2.75, 3.05) is 0 Å². The number of hydrogen-bond acceptors (Lipinski definition) is 2. The Labute approximate surface area is 91.2 Å². The highest BCUT2D eigenvalue weighted by molar-refractivity contribution is 5.53. The maximum Gasteiger partial charge on any atom is 0.503 e. The number of unbranched alkanes of at least 4 members (excludes halogenated alkanes) is 2. The van der Waals surface area contributed by atoms with Crippen LogP contribution in [0.4, 0.5) is 9.59 Å². The molecule has 0 spiro atoms. The Morgan fingerprint density at radius 1 is 0.800 bits per heavy atom. The molecule has 96 valence electrons. The average molecular weight is 228 g/mol. The Hall–Kier alpha value is -1.46. The first-order valence-electron chi connectivity index (χ1n) is 3.72. The molecule has 0 aliphatic carbocycles. The lowest BCUT2D eigenvalue weighted by atomic mass is 10.3. The minimum absolute atomic E-state index is 0. The number of rotatable bonds is 2. The molecule has 0 aromatic carbocycles. The van der Waals surface area contributed by atoms with E-state index in [1.807, 2.05) is 0 Å². The summed E-state index contributed by atoms with van der Waals surface area (Å²) in [7, 11) is 0. The van der Waals surface area contributed by atoms with Crippen LogP contribution in [-0.4, -0.2) is 32.7 Å². The van der Waals surface area contributed by atoms with Gasteiger partial charge in [-0.1, -0.05) is 48.0 Å². The zero-order chi connectivity index (χ0) is 11.3. The third-order valence-corrected chi connectivity index (χ3v) is 0.707. The quantitative estimate of drug-likeness (QED) is 0.569. The topological polar surface area (TPSA) is 115 Å². The summed E-state index contributed by atoms with van der Waals surface area (Å²) in [5.41, 5.74) is 0.